The summed E-state index contributed by atoms with van der Waals surface area (Å²) in [5, 5.41) is 3.82. The minimum Gasteiger partial charge on any atom is -0.365 e. The third kappa shape index (κ3) is 2.83. The van der Waals surface area contributed by atoms with E-state index < -0.39 is 0 Å². The van der Waals surface area contributed by atoms with Gasteiger partial charge in [-0.3, -0.25) is 0 Å². The van der Waals surface area contributed by atoms with E-state index in [9.17, 15) is 0 Å². The van der Waals surface area contributed by atoms with Crippen LogP contribution in [-0.2, 0) is 0 Å². The molecule has 88 valence electrons. The zero-order valence-electron chi connectivity index (χ0n) is 9.49. The van der Waals surface area contributed by atoms with E-state index in [2.05, 4.69) is 27.1 Å². The fourth-order valence-electron chi connectivity index (χ4n) is 2.00. The third-order valence-electron chi connectivity index (χ3n) is 3.03. The molecule has 0 saturated carbocycles. The Bertz CT molecular complexity index is 337. The molecule has 16 heavy (non-hydrogen) atoms. The van der Waals surface area contributed by atoms with Gasteiger partial charge in [-0.1, -0.05) is 18.5 Å². The summed E-state index contributed by atoms with van der Waals surface area (Å²) in [5.41, 5.74) is 0. The number of hydrogen-bond acceptors (Lipinski definition) is 4. The maximum absolute atomic E-state index is 5.95. The lowest BCUT2D eigenvalue weighted by atomic mass is 10.1. The molecule has 5 heteroatoms. The van der Waals surface area contributed by atoms with Gasteiger partial charge in [0.15, 0.2) is 11.0 Å². The molecule has 1 N–H and O–H groups in total. The van der Waals surface area contributed by atoms with Crippen molar-refractivity contribution in [3.63, 3.8) is 0 Å². The zero-order valence-corrected chi connectivity index (χ0v) is 10.2. The largest absolute Gasteiger partial charge is 0.365 e. The van der Waals surface area contributed by atoms with Crippen LogP contribution in [0, 0.1) is 0 Å². The van der Waals surface area contributed by atoms with Crippen LogP contribution < -0.4 is 5.32 Å². The van der Waals surface area contributed by atoms with Gasteiger partial charge in [-0.2, -0.15) is 0 Å². The summed E-state index contributed by atoms with van der Waals surface area (Å²) in [5.74, 6) is 0.708. The molecule has 1 aromatic heterocycles. The van der Waals surface area contributed by atoms with E-state index in [0.29, 0.717) is 17.0 Å². The van der Waals surface area contributed by atoms with Crippen molar-refractivity contribution in [1.29, 1.82) is 0 Å². The summed E-state index contributed by atoms with van der Waals surface area (Å²) in [6.45, 7) is 5.63. The van der Waals surface area contributed by atoms with Gasteiger partial charge >= 0.3 is 0 Å². The van der Waals surface area contributed by atoms with Crippen LogP contribution in [0.5, 0.6) is 0 Å². The molecule has 1 aliphatic rings. The van der Waals surface area contributed by atoms with Crippen LogP contribution in [-0.4, -0.2) is 40.5 Å². The number of piperidine rings is 1. The van der Waals surface area contributed by atoms with E-state index in [0.717, 1.165) is 32.5 Å². The summed E-state index contributed by atoms with van der Waals surface area (Å²) in [4.78, 5) is 10.7. The Labute approximate surface area is 101 Å². The minimum absolute atomic E-state index is 0.459. The predicted octanol–water partition coefficient (Wildman–Crippen LogP) is 2.03. The van der Waals surface area contributed by atoms with Gasteiger partial charge in [0, 0.05) is 31.5 Å². The predicted molar refractivity (Wildman–Crippen MR) is 65.8 cm³/mol. The number of aromatic nitrogens is 2. The van der Waals surface area contributed by atoms with E-state index in [4.69, 9.17) is 11.6 Å². The second kappa shape index (κ2) is 5.46. The Balaban J connectivity index is 1.89. The van der Waals surface area contributed by atoms with Crippen LogP contribution >= 0.6 is 11.6 Å². The van der Waals surface area contributed by atoms with Crippen molar-refractivity contribution in [2.45, 2.75) is 25.8 Å². The number of halogens is 1. The van der Waals surface area contributed by atoms with Crippen molar-refractivity contribution in [3.8, 4) is 0 Å². The number of likely N-dealkylation sites (tertiary alicyclic amines) is 1. The molecule has 0 amide bonds. The van der Waals surface area contributed by atoms with E-state index in [1.807, 2.05) is 0 Å². The van der Waals surface area contributed by atoms with E-state index in [1.54, 1.807) is 12.4 Å². The highest BCUT2D eigenvalue weighted by molar-refractivity contribution is 6.31. The maximum Gasteiger partial charge on any atom is 0.171 e. The number of hydrogen-bond donors (Lipinski definition) is 1. The molecule has 0 aromatic carbocycles. The molecule has 1 saturated heterocycles. The average molecular weight is 241 g/mol. The molecular weight excluding hydrogens is 224 g/mol. The summed E-state index contributed by atoms with van der Waals surface area (Å²) in [6.07, 6.45) is 5.55. The smallest absolute Gasteiger partial charge is 0.171 e. The molecule has 4 nitrogen and oxygen atoms in total. The van der Waals surface area contributed by atoms with Gasteiger partial charge in [-0.15, -0.1) is 0 Å². The fourth-order valence-corrected chi connectivity index (χ4v) is 2.16. The zero-order chi connectivity index (χ0) is 11.4. The standard InChI is InChI=1S/C11H17ClN4/c1-2-16-7-3-9(4-8-16)15-11-10(12)13-5-6-14-11/h5-6,9H,2-4,7-8H2,1H3,(H,14,15). The highest BCUT2D eigenvalue weighted by Gasteiger charge is 2.18. The molecule has 0 radical (unpaired) electrons. The van der Waals surface area contributed by atoms with E-state index in [-0.39, 0.29) is 0 Å². The van der Waals surface area contributed by atoms with Gasteiger partial charge in [0.05, 0.1) is 0 Å². The first-order chi connectivity index (χ1) is 7.79. The SMILES string of the molecule is CCN1CCC(Nc2nccnc2Cl)CC1. The number of anilines is 1. The minimum atomic E-state index is 0.459. The normalized spacial score (nSPS) is 18.6. The van der Waals surface area contributed by atoms with Crippen LogP contribution in [0.25, 0.3) is 0 Å². The molecule has 0 atom stereocenters. The van der Waals surface area contributed by atoms with Crippen LogP contribution in [0.15, 0.2) is 12.4 Å². The molecule has 0 bridgehead atoms. The molecule has 0 aliphatic carbocycles. The highest BCUT2D eigenvalue weighted by Crippen LogP contribution is 2.19. The fraction of sp³-hybridized carbons (Fsp3) is 0.636. The van der Waals surface area contributed by atoms with Crippen molar-refractivity contribution in [3.05, 3.63) is 17.5 Å². The Morgan fingerprint density at radius 2 is 2.06 bits per heavy atom. The summed E-state index contributed by atoms with van der Waals surface area (Å²) < 4.78 is 0. The van der Waals surface area contributed by atoms with Crippen molar-refractivity contribution < 1.29 is 0 Å². The van der Waals surface area contributed by atoms with Crippen LogP contribution in [0.4, 0.5) is 5.82 Å². The monoisotopic (exact) mass is 240 g/mol. The van der Waals surface area contributed by atoms with Gasteiger partial charge in [0.25, 0.3) is 0 Å². The molecule has 0 spiro atoms. The van der Waals surface area contributed by atoms with Crippen molar-refractivity contribution in [2.75, 3.05) is 25.0 Å². The molecular formula is C11H17ClN4. The molecule has 1 fully saturated rings. The van der Waals surface area contributed by atoms with Crippen LogP contribution in [0.1, 0.15) is 19.8 Å². The lowest BCUT2D eigenvalue weighted by Gasteiger charge is -2.31. The van der Waals surface area contributed by atoms with E-state index >= 15 is 0 Å². The molecule has 1 aromatic rings. The first-order valence-corrected chi connectivity index (χ1v) is 6.12. The average Bonchev–Trinajstić information content (AvgIpc) is 2.33. The van der Waals surface area contributed by atoms with Crippen molar-refractivity contribution in [1.82, 2.24) is 14.9 Å². The van der Waals surface area contributed by atoms with Gasteiger partial charge in [0.2, 0.25) is 0 Å². The van der Waals surface area contributed by atoms with Gasteiger partial charge in [-0.05, 0) is 19.4 Å². The molecule has 0 unspecified atom stereocenters. The number of nitrogens with zero attached hydrogens (tertiary/aromatic N) is 3. The summed E-state index contributed by atoms with van der Waals surface area (Å²) >= 11 is 5.95. The molecule has 2 heterocycles. The van der Waals surface area contributed by atoms with Crippen LogP contribution in [0.3, 0.4) is 0 Å². The van der Waals surface area contributed by atoms with Crippen LogP contribution in [0.2, 0.25) is 5.15 Å². The second-order valence-electron chi connectivity index (χ2n) is 4.05. The summed E-state index contributed by atoms with van der Waals surface area (Å²) in [7, 11) is 0. The highest BCUT2D eigenvalue weighted by atomic mass is 35.5. The Hall–Kier alpha value is -0.870. The van der Waals surface area contributed by atoms with Crippen molar-refractivity contribution >= 4 is 17.4 Å². The third-order valence-corrected chi connectivity index (χ3v) is 3.31. The van der Waals surface area contributed by atoms with Gasteiger partial charge in [-0.25, -0.2) is 9.97 Å². The van der Waals surface area contributed by atoms with Gasteiger partial charge < -0.3 is 10.2 Å². The van der Waals surface area contributed by atoms with E-state index in [1.165, 1.54) is 0 Å². The molecule has 2 rings (SSSR count). The quantitative estimate of drug-likeness (QED) is 0.878. The topological polar surface area (TPSA) is 41.0 Å². The maximum atomic E-state index is 5.95. The second-order valence-corrected chi connectivity index (χ2v) is 4.41. The summed E-state index contributed by atoms with van der Waals surface area (Å²) in [6, 6.07) is 0.469. The Kier molecular flexibility index (Phi) is 3.96. The lowest BCUT2D eigenvalue weighted by molar-refractivity contribution is 0.229. The van der Waals surface area contributed by atoms with Gasteiger partial charge in [0.1, 0.15) is 0 Å². The first-order valence-electron chi connectivity index (χ1n) is 5.75. The lowest BCUT2D eigenvalue weighted by Crippen LogP contribution is -2.39. The number of rotatable bonds is 3. The Morgan fingerprint density at radius 1 is 1.38 bits per heavy atom. The molecule has 1 aliphatic heterocycles. The Morgan fingerprint density at radius 3 is 2.69 bits per heavy atom. The van der Waals surface area contributed by atoms with Crippen molar-refractivity contribution in [2.24, 2.45) is 0 Å². The number of nitrogens with one attached hydrogen (secondary N) is 1. The first kappa shape index (κ1) is 11.6.